The molecule has 0 unspecified atom stereocenters. The van der Waals surface area contributed by atoms with Gasteiger partial charge in [-0.1, -0.05) is 0 Å². The monoisotopic (exact) mass is 235 g/mol. The van der Waals surface area contributed by atoms with Crippen molar-refractivity contribution in [2.45, 2.75) is 0 Å². The van der Waals surface area contributed by atoms with E-state index in [9.17, 15) is 4.39 Å². The lowest BCUT2D eigenvalue weighted by Crippen LogP contribution is -2.48. The highest BCUT2D eigenvalue weighted by Crippen LogP contribution is 2.19. The van der Waals surface area contributed by atoms with E-state index in [1.165, 1.54) is 19.2 Å². The Balaban J connectivity index is 2.19. The van der Waals surface area contributed by atoms with Crippen molar-refractivity contribution in [1.29, 1.82) is 10.8 Å². The highest BCUT2D eigenvalue weighted by Gasteiger charge is 2.25. The molecule has 0 spiro atoms. The molecule has 1 aromatic rings. The SMILES string of the molecule is COc1ccc(C(=N)C(=N)C2CNC2)cc1F. The highest BCUT2D eigenvalue weighted by molar-refractivity contribution is 6.47. The van der Waals surface area contributed by atoms with Gasteiger partial charge < -0.3 is 15.5 Å². The van der Waals surface area contributed by atoms with Crippen LogP contribution in [-0.4, -0.2) is 31.6 Å². The van der Waals surface area contributed by atoms with Crippen molar-refractivity contribution >= 4 is 11.4 Å². The molecule has 0 aliphatic carbocycles. The maximum atomic E-state index is 13.5. The third-order valence-corrected chi connectivity index (χ3v) is 2.90. The third-order valence-electron chi connectivity index (χ3n) is 2.90. The Morgan fingerprint density at radius 2 is 2.12 bits per heavy atom. The van der Waals surface area contributed by atoms with Crippen LogP contribution in [0.1, 0.15) is 5.56 Å². The fourth-order valence-electron chi connectivity index (χ4n) is 1.67. The summed E-state index contributed by atoms with van der Waals surface area (Å²) in [5.74, 6) is -0.277. The summed E-state index contributed by atoms with van der Waals surface area (Å²) in [7, 11) is 1.39. The molecule has 2 rings (SSSR count). The van der Waals surface area contributed by atoms with Gasteiger partial charge in [-0.05, 0) is 18.2 Å². The van der Waals surface area contributed by atoms with Crippen LogP contribution >= 0.6 is 0 Å². The Morgan fingerprint density at radius 3 is 2.59 bits per heavy atom. The molecule has 0 amide bonds. The smallest absolute Gasteiger partial charge is 0.165 e. The summed E-state index contributed by atoms with van der Waals surface area (Å²) >= 11 is 0. The van der Waals surface area contributed by atoms with Crippen LogP contribution in [0.25, 0.3) is 0 Å². The van der Waals surface area contributed by atoms with Crippen molar-refractivity contribution in [3.63, 3.8) is 0 Å². The van der Waals surface area contributed by atoms with Gasteiger partial charge in [-0.15, -0.1) is 0 Å². The Morgan fingerprint density at radius 1 is 1.41 bits per heavy atom. The van der Waals surface area contributed by atoms with Gasteiger partial charge in [-0.2, -0.15) is 0 Å². The summed E-state index contributed by atoms with van der Waals surface area (Å²) in [6.45, 7) is 1.44. The predicted molar refractivity (Wildman–Crippen MR) is 63.9 cm³/mol. The van der Waals surface area contributed by atoms with E-state index < -0.39 is 5.82 Å². The minimum Gasteiger partial charge on any atom is -0.494 e. The molecule has 90 valence electrons. The zero-order valence-corrected chi connectivity index (χ0v) is 9.51. The molecule has 0 saturated carbocycles. The summed E-state index contributed by atoms with van der Waals surface area (Å²) in [4.78, 5) is 0. The van der Waals surface area contributed by atoms with Gasteiger partial charge in [-0.3, -0.25) is 5.41 Å². The van der Waals surface area contributed by atoms with Crippen molar-refractivity contribution in [2.75, 3.05) is 20.2 Å². The lowest BCUT2D eigenvalue weighted by atomic mass is 9.91. The van der Waals surface area contributed by atoms with Crippen LogP contribution in [0.15, 0.2) is 18.2 Å². The van der Waals surface area contributed by atoms with Gasteiger partial charge in [0.15, 0.2) is 11.6 Å². The second kappa shape index (κ2) is 4.63. The topological polar surface area (TPSA) is 69.0 Å². The van der Waals surface area contributed by atoms with Crippen molar-refractivity contribution in [3.05, 3.63) is 29.6 Å². The number of halogens is 1. The molecule has 17 heavy (non-hydrogen) atoms. The first-order chi connectivity index (χ1) is 8.13. The molecule has 0 atom stereocenters. The van der Waals surface area contributed by atoms with Crippen LogP contribution in [0.2, 0.25) is 0 Å². The van der Waals surface area contributed by atoms with Crippen LogP contribution < -0.4 is 10.1 Å². The molecule has 1 fully saturated rings. The second-order valence-corrected chi connectivity index (χ2v) is 3.99. The zero-order chi connectivity index (χ0) is 12.4. The molecule has 1 aliphatic heterocycles. The summed E-state index contributed by atoms with van der Waals surface area (Å²) in [6.07, 6.45) is 0. The minimum atomic E-state index is -0.505. The Bertz CT molecular complexity index is 469. The number of hydrogen-bond donors (Lipinski definition) is 3. The van der Waals surface area contributed by atoms with Crippen molar-refractivity contribution < 1.29 is 9.13 Å². The highest BCUT2D eigenvalue weighted by atomic mass is 19.1. The molecule has 1 aromatic carbocycles. The number of benzene rings is 1. The van der Waals surface area contributed by atoms with Crippen LogP contribution in [-0.2, 0) is 0 Å². The van der Waals surface area contributed by atoms with Crippen LogP contribution in [0.3, 0.4) is 0 Å². The van der Waals surface area contributed by atoms with Crippen LogP contribution in [0.4, 0.5) is 4.39 Å². The number of ether oxygens (including phenoxy) is 1. The van der Waals surface area contributed by atoms with Crippen molar-refractivity contribution in [1.82, 2.24) is 5.32 Å². The average Bonchev–Trinajstić information content (AvgIpc) is 2.25. The summed E-state index contributed by atoms with van der Waals surface area (Å²) in [5.41, 5.74) is 0.756. The molecule has 5 heteroatoms. The first-order valence-corrected chi connectivity index (χ1v) is 5.35. The molecular formula is C12H14FN3O. The van der Waals surface area contributed by atoms with E-state index in [-0.39, 0.29) is 23.1 Å². The van der Waals surface area contributed by atoms with E-state index in [0.29, 0.717) is 5.56 Å². The number of rotatable bonds is 4. The maximum absolute atomic E-state index is 13.5. The van der Waals surface area contributed by atoms with E-state index in [1.807, 2.05) is 0 Å². The van der Waals surface area contributed by atoms with Gasteiger partial charge in [0, 0.05) is 24.6 Å². The second-order valence-electron chi connectivity index (χ2n) is 3.99. The fraction of sp³-hybridized carbons (Fsp3) is 0.333. The van der Waals surface area contributed by atoms with Crippen molar-refractivity contribution in [2.24, 2.45) is 5.92 Å². The van der Waals surface area contributed by atoms with E-state index in [2.05, 4.69) is 5.32 Å². The zero-order valence-electron chi connectivity index (χ0n) is 9.51. The Labute approximate surface area is 98.8 Å². The molecule has 1 saturated heterocycles. The first-order valence-electron chi connectivity index (χ1n) is 5.35. The molecular weight excluding hydrogens is 221 g/mol. The van der Waals surface area contributed by atoms with Gasteiger partial charge in [0.2, 0.25) is 0 Å². The molecule has 0 radical (unpaired) electrons. The third kappa shape index (κ3) is 2.19. The largest absolute Gasteiger partial charge is 0.494 e. The standard InChI is InChI=1S/C12H14FN3O/c1-17-10-3-2-7(4-9(10)13)11(14)12(15)8-5-16-6-8/h2-4,8,14-16H,5-6H2,1H3. The molecule has 0 bridgehead atoms. The molecule has 4 nitrogen and oxygen atoms in total. The van der Waals surface area contributed by atoms with E-state index in [4.69, 9.17) is 15.6 Å². The number of hydrogen-bond acceptors (Lipinski definition) is 4. The lowest BCUT2D eigenvalue weighted by Gasteiger charge is -2.27. The predicted octanol–water partition coefficient (Wildman–Crippen LogP) is 1.44. The number of methoxy groups -OCH3 is 1. The van der Waals surface area contributed by atoms with E-state index in [0.717, 1.165) is 13.1 Å². The molecule has 0 aromatic heterocycles. The fourth-order valence-corrected chi connectivity index (χ4v) is 1.67. The molecule has 3 N–H and O–H groups in total. The summed E-state index contributed by atoms with van der Waals surface area (Å²) in [5, 5.41) is 18.8. The van der Waals surface area contributed by atoms with Crippen LogP contribution in [0, 0.1) is 22.6 Å². The summed E-state index contributed by atoms with van der Waals surface area (Å²) in [6, 6.07) is 4.32. The van der Waals surface area contributed by atoms with Crippen molar-refractivity contribution in [3.8, 4) is 5.75 Å². The van der Waals surface area contributed by atoms with Crippen LogP contribution in [0.5, 0.6) is 5.75 Å². The maximum Gasteiger partial charge on any atom is 0.165 e. The van der Waals surface area contributed by atoms with E-state index >= 15 is 0 Å². The summed E-state index contributed by atoms with van der Waals surface area (Å²) < 4.78 is 18.3. The lowest BCUT2D eigenvalue weighted by molar-refractivity contribution is 0.386. The van der Waals surface area contributed by atoms with Gasteiger partial charge >= 0.3 is 0 Å². The van der Waals surface area contributed by atoms with Gasteiger partial charge in [0.25, 0.3) is 0 Å². The minimum absolute atomic E-state index is 0.0765. The normalized spacial score (nSPS) is 15.2. The molecule has 1 aliphatic rings. The Hall–Kier alpha value is -1.75. The van der Waals surface area contributed by atoms with E-state index in [1.54, 1.807) is 6.07 Å². The number of nitrogens with one attached hydrogen (secondary N) is 3. The van der Waals surface area contributed by atoms with Gasteiger partial charge in [-0.25, -0.2) is 4.39 Å². The quantitative estimate of drug-likeness (QED) is 0.691. The first kappa shape index (κ1) is 11.7. The van der Waals surface area contributed by atoms with Gasteiger partial charge in [0.1, 0.15) is 0 Å². The average molecular weight is 235 g/mol. The van der Waals surface area contributed by atoms with Gasteiger partial charge in [0.05, 0.1) is 18.5 Å². The Kier molecular flexibility index (Phi) is 3.19. The molecule has 1 heterocycles.